The van der Waals surface area contributed by atoms with Crippen LogP contribution in [-0.2, 0) is 0 Å². The molecule has 0 aromatic carbocycles. The maximum Gasteiger partial charge on any atom is 0.182 e. The lowest BCUT2D eigenvalue weighted by Crippen LogP contribution is -1.83. The monoisotopic (exact) mass is 150 g/mol. The molecule has 0 aliphatic rings. The third kappa shape index (κ3) is 1.68. The lowest BCUT2D eigenvalue weighted by molar-refractivity contribution is 1.37. The highest BCUT2D eigenvalue weighted by Crippen LogP contribution is 2.07. The Hall–Kier alpha value is -0.280. The van der Waals surface area contributed by atoms with E-state index in [2.05, 4.69) is 10.3 Å². The summed E-state index contributed by atoms with van der Waals surface area (Å²) in [5, 5.41) is 5.82. The zero-order chi connectivity index (χ0) is 5.11. The number of anilines is 1. The Morgan fingerprint density at radius 3 is 2.75 bits per heavy atom. The van der Waals surface area contributed by atoms with Gasteiger partial charge in [-0.3, -0.25) is 0 Å². The van der Waals surface area contributed by atoms with Gasteiger partial charge in [0.05, 0.1) is 0 Å². The van der Waals surface area contributed by atoms with E-state index >= 15 is 0 Å². The maximum absolute atomic E-state index is 3.94. The molecule has 0 fully saturated rings. The first-order chi connectivity index (χ1) is 3.43. The molecule has 1 aromatic rings. The Morgan fingerprint density at radius 1 is 1.75 bits per heavy atom. The largest absolute Gasteiger partial charge is 0.365 e. The molecule has 0 aliphatic heterocycles. The second-order valence-corrected chi connectivity index (χ2v) is 1.98. The highest BCUT2D eigenvalue weighted by Gasteiger charge is 1.82. The van der Waals surface area contributed by atoms with E-state index in [-0.39, 0.29) is 12.4 Å². The fraction of sp³-hybridized carbons (Fsp3) is 0.250. The molecule has 4 heteroatoms. The van der Waals surface area contributed by atoms with Crippen LogP contribution in [0.25, 0.3) is 0 Å². The van der Waals surface area contributed by atoms with Gasteiger partial charge in [-0.2, -0.15) is 0 Å². The number of hydrogen-bond acceptors (Lipinski definition) is 3. The molecule has 1 rings (SSSR count). The van der Waals surface area contributed by atoms with E-state index in [1.54, 1.807) is 17.5 Å². The zero-order valence-electron chi connectivity index (χ0n) is 4.42. The van der Waals surface area contributed by atoms with Gasteiger partial charge in [-0.1, -0.05) is 0 Å². The van der Waals surface area contributed by atoms with Crippen LogP contribution in [0.3, 0.4) is 0 Å². The molecule has 2 nitrogen and oxygen atoms in total. The van der Waals surface area contributed by atoms with Gasteiger partial charge in [0.1, 0.15) is 0 Å². The van der Waals surface area contributed by atoms with Crippen LogP contribution in [0, 0.1) is 0 Å². The van der Waals surface area contributed by atoms with Crippen molar-refractivity contribution < 1.29 is 0 Å². The Balaban J connectivity index is 0.000000490. The SMILES string of the molecule is CNc1nccs1.Cl. The summed E-state index contributed by atoms with van der Waals surface area (Å²) in [5.74, 6) is 0. The second kappa shape index (κ2) is 3.69. The van der Waals surface area contributed by atoms with Crippen molar-refractivity contribution in [3.05, 3.63) is 11.6 Å². The van der Waals surface area contributed by atoms with Gasteiger partial charge in [-0.25, -0.2) is 4.98 Å². The van der Waals surface area contributed by atoms with Gasteiger partial charge in [0.15, 0.2) is 5.13 Å². The predicted octanol–water partition coefficient (Wildman–Crippen LogP) is 1.61. The molecule has 8 heavy (non-hydrogen) atoms. The van der Waals surface area contributed by atoms with Gasteiger partial charge in [0.2, 0.25) is 0 Å². The minimum absolute atomic E-state index is 0. The Bertz CT molecular complexity index is 129. The number of nitrogens with zero attached hydrogens (tertiary/aromatic N) is 1. The van der Waals surface area contributed by atoms with Crippen molar-refractivity contribution in [2.45, 2.75) is 0 Å². The van der Waals surface area contributed by atoms with Gasteiger partial charge in [0.25, 0.3) is 0 Å². The summed E-state index contributed by atoms with van der Waals surface area (Å²) in [6.45, 7) is 0. The molecule has 0 amide bonds. The first-order valence-electron chi connectivity index (χ1n) is 2.00. The number of aromatic nitrogens is 1. The van der Waals surface area contributed by atoms with E-state index < -0.39 is 0 Å². The summed E-state index contributed by atoms with van der Waals surface area (Å²) in [4.78, 5) is 3.94. The summed E-state index contributed by atoms with van der Waals surface area (Å²) >= 11 is 1.60. The van der Waals surface area contributed by atoms with Crippen molar-refractivity contribution >= 4 is 28.9 Å². The highest BCUT2D eigenvalue weighted by molar-refractivity contribution is 7.13. The number of hydrogen-bond donors (Lipinski definition) is 1. The minimum Gasteiger partial charge on any atom is -0.365 e. The van der Waals surface area contributed by atoms with Crippen molar-refractivity contribution in [1.82, 2.24) is 4.98 Å². The fourth-order valence-electron chi connectivity index (χ4n) is 0.347. The van der Waals surface area contributed by atoms with Gasteiger partial charge < -0.3 is 5.32 Å². The molecule has 0 spiro atoms. The predicted molar refractivity (Wildman–Crippen MR) is 38.9 cm³/mol. The van der Waals surface area contributed by atoms with E-state index in [9.17, 15) is 0 Å². The molecule has 0 saturated heterocycles. The lowest BCUT2D eigenvalue weighted by Gasteiger charge is -1.84. The van der Waals surface area contributed by atoms with Crippen molar-refractivity contribution in [2.24, 2.45) is 0 Å². The molecule has 1 N–H and O–H groups in total. The summed E-state index contributed by atoms with van der Waals surface area (Å²) in [6, 6.07) is 0. The van der Waals surface area contributed by atoms with E-state index in [4.69, 9.17) is 0 Å². The van der Waals surface area contributed by atoms with Crippen molar-refractivity contribution in [2.75, 3.05) is 12.4 Å². The van der Waals surface area contributed by atoms with Crippen LogP contribution in [0.4, 0.5) is 5.13 Å². The fourth-order valence-corrected chi connectivity index (χ4v) is 0.837. The molecular formula is C4H7ClN2S. The number of halogens is 1. The lowest BCUT2D eigenvalue weighted by atomic mass is 11.0. The van der Waals surface area contributed by atoms with E-state index in [0.29, 0.717) is 0 Å². The Kier molecular flexibility index (Phi) is 3.56. The molecular weight excluding hydrogens is 144 g/mol. The molecule has 0 unspecified atom stereocenters. The summed E-state index contributed by atoms with van der Waals surface area (Å²) in [6.07, 6.45) is 1.77. The van der Waals surface area contributed by atoms with Gasteiger partial charge in [-0.05, 0) is 0 Å². The molecule has 0 bridgehead atoms. The van der Waals surface area contributed by atoms with E-state index in [0.717, 1.165) is 5.13 Å². The third-order valence-corrected chi connectivity index (χ3v) is 1.44. The molecule has 46 valence electrons. The van der Waals surface area contributed by atoms with E-state index in [1.807, 2.05) is 12.4 Å². The molecule has 0 atom stereocenters. The summed E-state index contributed by atoms with van der Waals surface area (Å²) < 4.78 is 0. The average Bonchev–Trinajstić information content (AvgIpc) is 2.14. The number of nitrogens with one attached hydrogen (secondary N) is 1. The quantitative estimate of drug-likeness (QED) is 0.658. The molecule has 0 radical (unpaired) electrons. The first-order valence-corrected chi connectivity index (χ1v) is 2.88. The highest BCUT2D eigenvalue weighted by atomic mass is 35.5. The van der Waals surface area contributed by atoms with Gasteiger partial charge in [0, 0.05) is 18.6 Å². The summed E-state index contributed by atoms with van der Waals surface area (Å²) in [7, 11) is 1.86. The molecule has 0 aliphatic carbocycles. The zero-order valence-corrected chi connectivity index (χ0v) is 6.05. The van der Waals surface area contributed by atoms with E-state index in [1.165, 1.54) is 0 Å². The number of rotatable bonds is 1. The Labute approximate surface area is 58.4 Å². The van der Waals surface area contributed by atoms with Crippen LogP contribution >= 0.6 is 23.7 Å². The smallest absolute Gasteiger partial charge is 0.182 e. The average molecular weight is 151 g/mol. The normalized spacial score (nSPS) is 7.62. The van der Waals surface area contributed by atoms with Gasteiger partial charge >= 0.3 is 0 Å². The van der Waals surface area contributed by atoms with Crippen LogP contribution < -0.4 is 5.32 Å². The minimum atomic E-state index is 0. The van der Waals surface area contributed by atoms with Crippen LogP contribution in [0.2, 0.25) is 0 Å². The summed E-state index contributed by atoms with van der Waals surface area (Å²) in [5.41, 5.74) is 0. The van der Waals surface area contributed by atoms with Gasteiger partial charge in [-0.15, -0.1) is 23.7 Å². The van der Waals surface area contributed by atoms with Crippen LogP contribution in [-0.4, -0.2) is 12.0 Å². The van der Waals surface area contributed by atoms with Crippen molar-refractivity contribution in [1.29, 1.82) is 0 Å². The molecule has 0 saturated carbocycles. The molecule has 1 heterocycles. The molecule has 1 aromatic heterocycles. The first kappa shape index (κ1) is 7.72. The topological polar surface area (TPSA) is 24.9 Å². The standard InChI is InChI=1S/C4H6N2S.ClH/c1-5-4-6-2-3-7-4;/h2-3H,1H3,(H,5,6);1H. The van der Waals surface area contributed by atoms with Crippen LogP contribution in [0.1, 0.15) is 0 Å². The van der Waals surface area contributed by atoms with Crippen LogP contribution in [0.5, 0.6) is 0 Å². The third-order valence-electron chi connectivity index (χ3n) is 0.646. The second-order valence-electron chi connectivity index (χ2n) is 1.09. The number of thiazole rings is 1. The van der Waals surface area contributed by atoms with Crippen molar-refractivity contribution in [3.8, 4) is 0 Å². The van der Waals surface area contributed by atoms with Crippen molar-refractivity contribution in [3.63, 3.8) is 0 Å². The maximum atomic E-state index is 3.94. The Morgan fingerprint density at radius 2 is 2.50 bits per heavy atom. The van der Waals surface area contributed by atoms with Crippen LogP contribution in [0.15, 0.2) is 11.6 Å².